The molecule has 0 atom stereocenters. The SMILES string of the molecule is CCN(Cc1cccc(N)c1)c1ccc(F)cc1C#N. The molecule has 0 heterocycles. The molecular formula is C16H16FN3. The zero-order valence-corrected chi connectivity index (χ0v) is 11.3. The molecule has 2 rings (SSSR count). The van der Waals surface area contributed by atoms with Gasteiger partial charge < -0.3 is 10.6 Å². The van der Waals surface area contributed by atoms with Gasteiger partial charge in [-0.1, -0.05) is 12.1 Å². The van der Waals surface area contributed by atoms with E-state index in [2.05, 4.69) is 0 Å². The fourth-order valence-electron chi connectivity index (χ4n) is 2.15. The number of nitrogen functional groups attached to an aromatic ring is 1. The summed E-state index contributed by atoms with van der Waals surface area (Å²) in [4.78, 5) is 2.02. The standard InChI is InChI=1S/C16H16FN3/c1-2-20(11-12-4-3-5-15(19)8-12)16-7-6-14(17)9-13(16)10-18/h3-9H,2,11,19H2,1H3. The Hall–Kier alpha value is -2.54. The zero-order valence-electron chi connectivity index (χ0n) is 11.3. The smallest absolute Gasteiger partial charge is 0.124 e. The molecule has 0 radical (unpaired) electrons. The second kappa shape index (κ2) is 6.07. The van der Waals surface area contributed by atoms with E-state index in [9.17, 15) is 4.39 Å². The second-order valence-corrected chi connectivity index (χ2v) is 4.53. The highest BCUT2D eigenvalue weighted by atomic mass is 19.1. The van der Waals surface area contributed by atoms with Crippen LogP contribution in [0, 0.1) is 17.1 Å². The van der Waals surface area contributed by atoms with Crippen molar-refractivity contribution in [1.29, 1.82) is 5.26 Å². The molecule has 0 unspecified atom stereocenters. The first kappa shape index (κ1) is 13.9. The number of nitriles is 1. The Kier molecular flexibility index (Phi) is 4.21. The summed E-state index contributed by atoms with van der Waals surface area (Å²) < 4.78 is 13.2. The van der Waals surface area contributed by atoms with Gasteiger partial charge in [0.1, 0.15) is 11.9 Å². The molecule has 20 heavy (non-hydrogen) atoms. The van der Waals surface area contributed by atoms with E-state index >= 15 is 0 Å². The summed E-state index contributed by atoms with van der Waals surface area (Å²) in [7, 11) is 0. The summed E-state index contributed by atoms with van der Waals surface area (Å²) in [6, 6.07) is 13.9. The lowest BCUT2D eigenvalue weighted by atomic mass is 10.1. The molecular weight excluding hydrogens is 253 g/mol. The minimum absolute atomic E-state index is 0.343. The van der Waals surface area contributed by atoms with Crippen LogP contribution in [0.15, 0.2) is 42.5 Å². The lowest BCUT2D eigenvalue weighted by Crippen LogP contribution is -2.23. The van der Waals surface area contributed by atoms with E-state index in [-0.39, 0.29) is 0 Å². The molecule has 0 saturated heterocycles. The van der Waals surface area contributed by atoms with Crippen LogP contribution < -0.4 is 10.6 Å². The van der Waals surface area contributed by atoms with E-state index in [1.54, 1.807) is 6.07 Å². The van der Waals surface area contributed by atoms with Crippen LogP contribution in [0.1, 0.15) is 18.1 Å². The van der Waals surface area contributed by atoms with E-state index in [0.29, 0.717) is 17.8 Å². The van der Waals surface area contributed by atoms with Crippen molar-refractivity contribution in [1.82, 2.24) is 0 Å². The first-order valence-electron chi connectivity index (χ1n) is 6.43. The number of rotatable bonds is 4. The minimum Gasteiger partial charge on any atom is -0.399 e. The van der Waals surface area contributed by atoms with Gasteiger partial charge in [0.25, 0.3) is 0 Å². The van der Waals surface area contributed by atoms with Gasteiger partial charge in [0.2, 0.25) is 0 Å². The third-order valence-corrected chi connectivity index (χ3v) is 3.13. The van der Waals surface area contributed by atoms with Crippen molar-refractivity contribution in [2.75, 3.05) is 17.2 Å². The van der Waals surface area contributed by atoms with E-state index in [4.69, 9.17) is 11.0 Å². The van der Waals surface area contributed by atoms with Gasteiger partial charge in [0, 0.05) is 18.8 Å². The quantitative estimate of drug-likeness (QED) is 0.866. The average Bonchev–Trinajstić information content (AvgIpc) is 2.45. The second-order valence-electron chi connectivity index (χ2n) is 4.53. The average molecular weight is 269 g/mol. The number of benzene rings is 2. The number of anilines is 2. The van der Waals surface area contributed by atoms with Gasteiger partial charge in [0.05, 0.1) is 11.3 Å². The number of nitrogens with two attached hydrogens (primary N) is 1. The molecule has 2 aromatic carbocycles. The third-order valence-electron chi connectivity index (χ3n) is 3.13. The molecule has 2 N–H and O–H groups in total. The highest BCUT2D eigenvalue weighted by Crippen LogP contribution is 2.23. The Balaban J connectivity index is 2.31. The van der Waals surface area contributed by atoms with Crippen LogP contribution in [0.5, 0.6) is 0 Å². The summed E-state index contributed by atoms with van der Waals surface area (Å²) in [5.41, 5.74) is 8.61. The number of halogens is 1. The van der Waals surface area contributed by atoms with Gasteiger partial charge in [-0.25, -0.2) is 4.39 Å². The van der Waals surface area contributed by atoms with Crippen LogP contribution in [0.3, 0.4) is 0 Å². The van der Waals surface area contributed by atoms with E-state index in [1.807, 2.05) is 42.2 Å². The van der Waals surface area contributed by atoms with Crippen LogP contribution >= 0.6 is 0 Å². The molecule has 0 saturated carbocycles. The molecule has 0 aromatic heterocycles. The largest absolute Gasteiger partial charge is 0.399 e. The van der Waals surface area contributed by atoms with Crippen LogP contribution in [-0.4, -0.2) is 6.54 Å². The Morgan fingerprint density at radius 1 is 1.25 bits per heavy atom. The fourth-order valence-corrected chi connectivity index (χ4v) is 2.15. The molecule has 0 aliphatic heterocycles. The Morgan fingerprint density at radius 2 is 2.05 bits per heavy atom. The normalized spacial score (nSPS) is 10.1. The van der Waals surface area contributed by atoms with Gasteiger partial charge in [0.15, 0.2) is 0 Å². The van der Waals surface area contributed by atoms with Crippen molar-refractivity contribution in [3.8, 4) is 6.07 Å². The molecule has 4 heteroatoms. The summed E-state index contributed by atoms with van der Waals surface area (Å²) in [5.74, 6) is -0.398. The number of hydrogen-bond donors (Lipinski definition) is 1. The highest BCUT2D eigenvalue weighted by Gasteiger charge is 2.11. The van der Waals surface area contributed by atoms with Crippen LogP contribution in [0.25, 0.3) is 0 Å². The van der Waals surface area contributed by atoms with Crippen LogP contribution in [0.2, 0.25) is 0 Å². The van der Waals surface area contributed by atoms with Crippen molar-refractivity contribution >= 4 is 11.4 Å². The van der Waals surface area contributed by atoms with E-state index in [1.165, 1.54) is 12.1 Å². The molecule has 102 valence electrons. The maximum atomic E-state index is 13.2. The zero-order chi connectivity index (χ0) is 14.5. The number of nitrogens with zero attached hydrogens (tertiary/aromatic N) is 2. The monoisotopic (exact) mass is 269 g/mol. The highest BCUT2D eigenvalue weighted by molar-refractivity contribution is 5.59. The van der Waals surface area contributed by atoms with Crippen LogP contribution in [0.4, 0.5) is 15.8 Å². The molecule has 0 bridgehead atoms. The van der Waals surface area contributed by atoms with E-state index < -0.39 is 5.82 Å². The molecule has 0 spiro atoms. The molecule has 0 aliphatic carbocycles. The maximum absolute atomic E-state index is 13.2. The third kappa shape index (κ3) is 3.07. The summed E-state index contributed by atoms with van der Waals surface area (Å²) in [5, 5.41) is 9.13. The molecule has 2 aromatic rings. The Morgan fingerprint density at radius 3 is 2.70 bits per heavy atom. The lowest BCUT2D eigenvalue weighted by Gasteiger charge is -2.24. The van der Waals surface area contributed by atoms with Crippen molar-refractivity contribution in [3.05, 3.63) is 59.4 Å². The fraction of sp³-hybridized carbons (Fsp3) is 0.188. The van der Waals surface area contributed by atoms with Crippen molar-refractivity contribution in [2.24, 2.45) is 0 Å². The number of hydrogen-bond acceptors (Lipinski definition) is 3. The first-order valence-corrected chi connectivity index (χ1v) is 6.43. The van der Waals surface area contributed by atoms with Gasteiger partial charge in [-0.05, 0) is 42.8 Å². The topological polar surface area (TPSA) is 53.0 Å². The summed E-state index contributed by atoms with van der Waals surface area (Å²) in [6.45, 7) is 3.34. The molecule has 0 aliphatic rings. The Bertz CT molecular complexity index is 646. The summed E-state index contributed by atoms with van der Waals surface area (Å²) >= 11 is 0. The van der Waals surface area contributed by atoms with Gasteiger partial charge in [-0.3, -0.25) is 0 Å². The molecule has 3 nitrogen and oxygen atoms in total. The minimum atomic E-state index is -0.398. The van der Waals surface area contributed by atoms with E-state index in [0.717, 1.165) is 17.8 Å². The Labute approximate surface area is 118 Å². The van der Waals surface area contributed by atoms with Crippen LogP contribution in [-0.2, 0) is 6.54 Å². The van der Waals surface area contributed by atoms with Crippen molar-refractivity contribution in [3.63, 3.8) is 0 Å². The van der Waals surface area contributed by atoms with Crippen molar-refractivity contribution in [2.45, 2.75) is 13.5 Å². The van der Waals surface area contributed by atoms with Crippen molar-refractivity contribution < 1.29 is 4.39 Å². The predicted molar refractivity (Wildman–Crippen MR) is 78.7 cm³/mol. The lowest BCUT2D eigenvalue weighted by molar-refractivity contribution is 0.627. The van der Waals surface area contributed by atoms with Gasteiger partial charge in [-0.2, -0.15) is 5.26 Å². The summed E-state index contributed by atoms with van der Waals surface area (Å²) in [6.07, 6.45) is 0. The first-order chi connectivity index (χ1) is 9.63. The predicted octanol–water partition coefficient (Wildman–Crippen LogP) is 3.31. The maximum Gasteiger partial charge on any atom is 0.124 e. The van der Waals surface area contributed by atoms with Gasteiger partial charge >= 0.3 is 0 Å². The molecule has 0 fully saturated rings. The molecule has 0 amide bonds. The van der Waals surface area contributed by atoms with Gasteiger partial charge in [-0.15, -0.1) is 0 Å².